The van der Waals surface area contributed by atoms with Crippen molar-refractivity contribution in [1.82, 2.24) is 4.90 Å². The molecule has 0 bridgehead atoms. The van der Waals surface area contributed by atoms with Gasteiger partial charge in [0.25, 0.3) is 0 Å². The molecule has 0 saturated carbocycles. The van der Waals surface area contributed by atoms with Crippen LogP contribution in [-0.4, -0.2) is 31.2 Å². The Morgan fingerprint density at radius 2 is 1.89 bits per heavy atom. The first-order valence-corrected chi connectivity index (χ1v) is 6.74. The van der Waals surface area contributed by atoms with Gasteiger partial charge < -0.3 is 9.64 Å². The number of ether oxygens (including phenoxy) is 1. The van der Waals surface area contributed by atoms with Crippen LogP contribution < -0.4 is 0 Å². The topological polar surface area (TPSA) is 12.5 Å². The maximum absolute atomic E-state index is 5.37. The smallest absolute Gasteiger partial charge is 0.0642 e. The Morgan fingerprint density at radius 3 is 2.50 bits per heavy atom. The van der Waals surface area contributed by atoms with Crippen LogP contribution in [-0.2, 0) is 4.74 Å². The lowest BCUT2D eigenvalue weighted by atomic mass is 9.95. The first-order chi connectivity index (χ1) is 8.66. The van der Waals surface area contributed by atoms with E-state index < -0.39 is 0 Å². The fourth-order valence-electron chi connectivity index (χ4n) is 2.37. The highest BCUT2D eigenvalue weighted by Crippen LogP contribution is 2.24. The minimum atomic E-state index is 0.529. The molecule has 1 aliphatic heterocycles. The number of nitrogens with zero attached hydrogens (tertiary/aromatic N) is 1. The van der Waals surface area contributed by atoms with Crippen LogP contribution in [0.15, 0.2) is 36.5 Å². The average Bonchev–Trinajstić information content (AvgIpc) is 2.40. The second-order valence-electron chi connectivity index (χ2n) is 5.18. The zero-order valence-corrected chi connectivity index (χ0v) is 11.5. The monoisotopic (exact) mass is 245 g/mol. The van der Waals surface area contributed by atoms with Crippen molar-refractivity contribution in [2.75, 3.05) is 26.3 Å². The van der Waals surface area contributed by atoms with Gasteiger partial charge in [-0.1, -0.05) is 43.3 Å². The second kappa shape index (κ2) is 6.05. The third-order valence-electron chi connectivity index (χ3n) is 3.65. The van der Waals surface area contributed by atoms with Crippen LogP contribution in [0.3, 0.4) is 0 Å². The Kier molecular flexibility index (Phi) is 4.43. The lowest BCUT2D eigenvalue weighted by molar-refractivity contribution is 0.0519. The van der Waals surface area contributed by atoms with Gasteiger partial charge in [0.1, 0.15) is 0 Å². The Labute approximate surface area is 110 Å². The molecule has 0 aliphatic carbocycles. The molecule has 2 rings (SSSR count). The van der Waals surface area contributed by atoms with Gasteiger partial charge in [-0.25, -0.2) is 0 Å². The predicted molar refractivity (Wildman–Crippen MR) is 75.7 cm³/mol. The minimum Gasteiger partial charge on any atom is -0.378 e. The van der Waals surface area contributed by atoms with E-state index in [2.05, 4.69) is 49.6 Å². The minimum absolute atomic E-state index is 0.529. The Bertz CT molecular complexity index is 390. The SMILES string of the molecule is C=C(CC(C)c1ccc(C)cc1)N1CCOCC1. The van der Waals surface area contributed by atoms with Crippen LogP contribution in [0.2, 0.25) is 0 Å². The van der Waals surface area contributed by atoms with Gasteiger partial charge >= 0.3 is 0 Å². The van der Waals surface area contributed by atoms with Gasteiger partial charge in [0.15, 0.2) is 0 Å². The fourth-order valence-corrected chi connectivity index (χ4v) is 2.37. The predicted octanol–water partition coefficient (Wildman–Crippen LogP) is 3.33. The molecule has 0 spiro atoms. The van der Waals surface area contributed by atoms with Crippen molar-refractivity contribution in [2.24, 2.45) is 0 Å². The van der Waals surface area contributed by atoms with Crippen LogP contribution in [0.25, 0.3) is 0 Å². The van der Waals surface area contributed by atoms with Gasteiger partial charge in [-0.05, 0) is 24.8 Å². The van der Waals surface area contributed by atoms with Crippen molar-refractivity contribution in [2.45, 2.75) is 26.2 Å². The normalized spacial score (nSPS) is 17.6. The van der Waals surface area contributed by atoms with Gasteiger partial charge in [0, 0.05) is 18.8 Å². The molecule has 1 heterocycles. The molecule has 18 heavy (non-hydrogen) atoms. The highest BCUT2D eigenvalue weighted by molar-refractivity contribution is 5.25. The average molecular weight is 245 g/mol. The van der Waals surface area contributed by atoms with Crippen LogP contribution in [0.5, 0.6) is 0 Å². The Hall–Kier alpha value is -1.28. The highest BCUT2D eigenvalue weighted by atomic mass is 16.5. The van der Waals surface area contributed by atoms with Crippen molar-refractivity contribution in [3.63, 3.8) is 0 Å². The van der Waals surface area contributed by atoms with Crippen molar-refractivity contribution >= 4 is 0 Å². The summed E-state index contributed by atoms with van der Waals surface area (Å²) in [5, 5.41) is 0. The van der Waals surface area contributed by atoms with Gasteiger partial charge in [0.2, 0.25) is 0 Å². The van der Waals surface area contributed by atoms with E-state index in [4.69, 9.17) is 4.74 Å². The molecule has 1 aromatic carbocycles. The molecule has 2 heteroatoms. The van der Waals surface area contributed by atoms with Gasteiger partial charge in [-0.2, -0.15) is 0 Å². The van der Waals surface area contributed by atoms with Crippen molar-refractivity contribution in [1.29, 1.82) is 0 Å². The van der Waals surface area contributed by atoms with Crippen molar-refractivity contribution in [3.05, 3.63) is 47.7 Å². The lowest BCUT2D eigenvalue weighted by Crippen LogP contribution is -2.35. The van der Waals surface area contributed by atoms with E-state index >= 15 is 0 Å². The van der Waals surface area contributed by atoms with E-state index in [0.717, 1.165) is 32.7 Å². The molecule has 1 fully saturated rings. The Balaban J connectivity index is 1.91. The van der Waals surface area contributed by atoms with E-state index in [-0.39, 0.29) is 0 Å². The number of morpholine rings is 1. The van der Waals surface area contributed by atoms with E-state index in [1.54, 1.807) is 0 Å². The van der Waals surface area contributed by atoms with Gasteiger partial charge in [-0.3, -0.25) is 0 Å². The van der Waals surface area contributed by atoms with Crippen LogP contribution in [0, 0.1) is 6.92 Å². The summed E-state index contributed by atoms with van der Waals surface area (Å²) in [5.41, 5.74) is 3.96. The zero-order chi connectivity index (χ0) is 13.0. The maximum Gasteiger partial charge on any atom is 0.0642 e. The summed E-state index contributed by atoms with van der Waals surface area (Å²) in [6, 6.07) is 8.83. The number of aryl methyl sites for hydroxylation is 1. The molecule has 98 valence electrons. The van der Waals surface area contributed by atoms with Crippen molar-refractivity contribution in [3.8, 4) is 0 Å². The highest BCUT2D eigenvalue weighted by Gasteiger charge is 2.15. The maximum atomic E-state index is 5.37. The van der Waals surface area contributed by atoms with E-state index in [1.165, 1.54) is 16.8 Å². The summed E-state index contributed by atoms with van der Waals surface area (Å²) < 4.78 is 5.37. The summed E-state index contributed by atoms with van der Waals surface area (Å²) in [5.74, 6) is 0.529. The molecule has 1 aliphatic rings. The molecule has 1 aromatic rings. The molecule has 2 nitrogen and oxygen atoms in total. The summed E-state index contributed by atoms with van der Waals surface area (Å²) in [6.45, 7) is 12.3. The quantitative estimate of drug-likeness (QED) is 0.806. The number of hydrogen-bond donors (Lipinski definition) is 0. The molecule has 0 radical (unpaired) electrons. The third kappa shape index (κ3) is 3.36. The molecule has 0 N–H and O–H groups in total. The van der Waals surface area contributed by atoms with E-state index in [1.807, 2.05) is 0 Å². The molecule has 0 aromatic heterocycles. The number of benzene rings is 1. The van der Waals surface area contributed by atoms with Crippen LogP contribution in [0.4, 0.5) is 0 Å². The zero-order valence-electron chi connectivity index (χ0n) is 11.5. The summed E-state index contributed by atoms with van der Waals surface area (Å²) >= 11 is 0. The van der Waals surface area contributed by atoms with E-state index in [9.17, 15) is 0 Å². The molecule has 1 atom stereocenters. The summed E-state index contributed by atoms with van der Waals surface area (Å²) in [6.07, 6.45) is 1.03. The number of allylic oxidation sites excluding steroid dienone is 1. The summed E-state index contributed by atoms with van der Waals surface area (Å²) in [4.78, 5) is 2.36. The van der Waals surface area contributed by atoms with E-state index in [0.29, 0.717) is 5.92 Å². The van der Waals surface area contributed by atoms with Gasteiger partial charge in [0.05, 0.1) is 13.2 Å². The first kappa shape index (κ1) is 13.2. The molecule has 1 saturated heterocycles. The molecule has 0 amide bonds. The molecular formula is C16H23NO. The van der Waals surface area contributed by atoms with Crippen LogP contribution in [0.1, 0.15) is 30.4 Å². The lowest BCUT2D eigenvalue weighted by Gasteiger charge is -2.31. The third-order valence-corrected chi connectivity index (χ3v) is 3.65. The molecular weight excluding hydrogens is 222 g/mol. The van der Waals surface area contributed by atoms with Gasteiger partial charge in [-0.15, -0.1) is 0 Å². The largest absolute Gasteiger partial charge is 0.378 e. The number of hydrogen-bond acceptors (Lipinski definition) is 2. The van der Waals surface area contributed by atoms with Crippen LogP contribution >= 0.6 is 0 Å². The van der Waals surface area contributed by atoms with Crippen molar-refractivity contribution < 1.29 is 4.74 Å². The number of rotatable bonds is 4. The summed E-state index contributed by atoms with van der Waals surface area (Å²) in [7, 11) is 0. The first-order valence-electron chi connectivity index (χ1n) is 6.74. The molecule has 1 unspecified atom stereocenters. The second-order valence-corrected chi connectivity index (χ2v) is 5.18. The standard InChI is InChI=1S/C16H23NO/c1-13-4-6-16(7-5-13)14(2)12-15(3)17-8-10-18-11-9-17/h4-7,14H,3,8-12H2,1-2H3. The fraction of sp³-hybridized carbons (Fsp3) is 0.500. The Morgan fingerprint density at radius 1 is 1.28 bits per heavy atom.